The number of piperidine rings is 1. The van der Waals surface area contributed by atoms with Crippen molar-refractivity contribution in [2.45, 2.75) is 72.3 Å². The Morgan fingerprint density at radius 1 is 1.25 bits per heavy atom. The van der Waals surface area contributed by atoms with Gasteiger partial charge in [0.15, 0.2) is 0 Å². The van der Waals surface area contributed by atoms with Crippen molar-refractivity contribution in [1.82, 2.24) is 4.90 Å². The van der Waals surface area contributed by atoms with Crippen LogP contribution >= 0.6 is 0 Å². The lowest BCUT2D eigenvalue weighted by Crippen LogP contribution is -2.53. The first-order valence-electron chi connectivity index (χ1n) is 9.73. The minimum Gasteiger partial charge on any atom is -0.378 e. The van der Waals surface area contributed by atoms with Gasteiger partial charge in [-0.25, -0.2) is 0 Å². The molecule has 4 heteroatoms. The molecule has 0 spiro atoms. The van der Waals surface area contributed by atoms with Gasteiger partial charge >= 0.3 is 0 Å². The fourth-order valence-electron chi connectivity index (χ4n) is 5.14. The van der Waals surface area contributed by atoms with Crippen LogP contribution in [0.5, 0.6) is 0 Å². The Kier molecular flexibility index (Phi) is 4.80. The predicted octanol–water partition coefficient (Wildman–Crippen LogP) is 3.44. The maximum atomic E-state index is 13.3. The smallest absolute Gasteiger partial charge is 0.236 e. The van der Waals surface area contributed by atoms with E-state index in [1.54, 1.807) is 0 Å². The van der Waals surface area contributed by atoms with Crippen molar-refractivity contribution < 1.29 is 14.3 Å². The lowest BCUT2D eigenvalue weighted by Gasteiger charge is -2.41. The van der Waals surface area contributed by atoms with Crippen LogP contribution in [0.2, 0.25) is 0 Å². The van der Waals surface area contributed by atoms with Crippen LogP contribution in [0.3, 0.4) is 0 Å². The number of hydrogen-bond donors (Lipinski definition) is 0. The number of carbonyl (C=O) groups excluding carboxylic acids is 2. The second kappa shape index (κ2) is 6.44. The van der Waals surface area contributed by atoms with Crippen LogP contribution in [-0.4, -0.2) is 42.4 Å². The number of amides is 1. The molecule has 1 heterocycles. The highest BCUT2D eigenvalue weighted by atomic mass is 16.5. The molecule has 1 aliphatic heterocycles. The van der Waals surface area contributed by atoms with Crippen molar-refractivity contribution in [3.05, 3.63) is 0 Å². The third kappa shape index (κ3) is 2.71. The lowest BCUT2D eigenvalue weighted by atomic mass is 9.67. The van der Waals surface area contributed by atoms with Crippen LogP contribution in [0, 0.1) is 22.7 Å². The molecular formula is C20H33NO3. The first-order chi connectivity index (χ1) is 11.3. The molecule has 1 amide bonds. The van der Waals surface area contributed by atoms with Gasteiger partial charge in [-0.2, -0.15) is 0 Å². The molecular weight excluding hydrogens is 302 g/mol. The molecule has 1 saturated heterocycles. The Labute approximate surface area is 146 Å². The largest absolute Gasteiger partial charge is 0.378 e. The van der Waals surface area contributed by atoms with Crippen LogP contribution < -0.4 is 0 Å². The molecule has 2 saturated carbocycles. The Hall–Kier alpha value is -0.900. The number of fused-ring (bicyclic) bond motifs is 2. The number of likely N-dealkylation sites (tertiary alicyclic amines) is 1. The van der Waals surface area contributed by atoms with Crippen molar-refractivity contribution in [3.8, 4) is 0 Å². The van der Waals surface area contributed by atoms with Gasteiger partial charge in [0, 0.05) is 26.1 Å². The van der Waals surface area contributed by atoms with Crippen LogP contribution in [0.15, 0.2) is 0 Å². The molecule has 0 aromatic rings. The van der Waals surface area contributed by atoms with Crippen molar-refractivity contribution in [2.75, 3.05) is 19.7 Å². The Balaban J connectivity index is 1.59. The maximum Gasteiger partial charge on any atom is 0.236 e. The third-order valence-electron chi connectivity index (χ3n) is 7.04. The number of ketones is 1. The monoisotopic (exact) mass is 335 g/mol. The zero-order valence-corrected chi connectivity index (χ0v) is 15.8. The van der Waals surface area contributed by atoms with E-state index in [2.05, 4.69) is 27.7 Å². The van der Waals surface area contributed by atoms with Crippen molar-refractivity contribution in [3.63, 3.8) is 0 Å². The molecule has 0 aromatic heterocycles. The summed E-state index contributed by atoms with van der Waals surface area (Å²) in [5.74, 6) is 1.37. The van der Waals surface area contributed by atoms with E-state index < -0.39 is 5.41 Å². The second-order valence-corrected chi connectivity index (χ2v) is 9.03. The summed E-state index contributed by atoms with van der Waals surface area (Å²) in [6, 6.07) is 0. The number of hydrogen-bond acceptors (Lipinski definition) is 3. The number of ether oxygens (including phenoxy) is 1. The molecule has 3 rings (SSSR count). The van der Waals surface area contributed by atoms with Gasteiger partial charge in [-0.05, 0) is 49.4 Å². The minimum atomic E-state index is -0.733. The molecule has 0 aromatic carbocycles. The summed E-state index contributed by atoms with van der Waals surface area (Å²) in [6.07, 6.45) is 5.55. The maximum absolute atomic E-state index is 13.3. The molecule has 4 nitrogen and oxygen atoms in total. The van der Waals surface area contributed by atoms with E-state index in [0.717, 1.165) is 51.8 Å². The van der Waals surface area contributed by atoms with E-state index in [4.69, 9.17) is 4.74 Å². The van der Waals surface area contributed by atoms with Gasteiger partial charge in [0.05, 0.1) is 6.10 Å². The first kappa shape index (κ1) is 17.9. The summed E-state index contributed by atoms with van der Waals surface area (Å²) in [6.45, 7) is 11.0. The van der Waals surface area contributed by atoms with Gasteiger partial charge in [0.25, 0.3) is 0 Å². The molecule has 24 heavy (non-hydrogen) atoms. The SMILES string of the molecule is CC(C)CCOC1CCN(C(=O)C23CCC(CC2=O)C3(C)C)CC1. The fourth-order valence-corrected chi connectivity index (χ4v) is 5.14. The fraction of sp³-hybridized carbons (Fsp3) is 0.900. The summed E-state index contributed by atoms with van der Waals surface area (Å²) in [5.41, 5.74) is -0.908. The predicted molar refractivity (Wildman–Crippen MR) is 93.6 cm³/mol. The first-order valence-corrected chi connectivity index (χ1v) is 9.73. The molecule has 0 radical (unpaired) electrons. The Morgan fingerprint density at radius 3 is 2.42 bits per heavy atom. The van der Waals surface area contributed by atoms with Crippen LogP contribution in [0.25, 0.3) is 0 Å². The molecule has 2 aliphatic carbocycles. The van der Waals surface area contributed by atoms with Gasteiger partial charge in [-0.3, -0.25) is 9.59 Å². The van der Waals surface area contributed by atoms with Crippen molar-refractivity contribution in [2.24, 2.45) is 22.7 Å². The van der Waals surface area contributed by atoms with E-state index in [-0.39, 0.29) is 23.2 Å². The number of carbonyl (C=O) groups is 2. The Bertz CT molecular complexity index is 505. The molecule has 136 valence electrons. The van der Waals surface area contributed by atoms with Gasteiger partial charge in [-0.1, -0.05) is 27.7 Å². The summed E-state index contributed by atoms with van der Waals surface area (Å²) in [4.78, 5) is 27.9. The van der Waals surface area contributed by atoms with Crippen molar-refractivity contribution in [1.29, 1.82) is 0 Å². The van der Waals surface area contributed by atoms with Crippen LogP contribution in [0.4, 0.5) is 0 Å². The molecule has 0 N–H and O–H groups in total. The zero-order valence-electron chi connectivity index (χ0n) is 15.8. The highest BCUT2D eigenvalue weighted by Crippen LogP contribution is 2.64. The molecule has 3 aliphatic rings. The molecule has 2 bridgehead atoms. The topological polar surface area (TPSA) is 46.6 Å². The van der Waals surface area contributed by atoms with E-state index in [1.165, 1.54) is 0 Å². The van der Waals surface area contributed by atoms with Gasteiger partial charge in [0.1, 0.15) is 11.2 Å². The number of Topliss-reactive ketones (excluding diaryl/α,β-unsaturated/α-hetero) is 1. The minimum absolute atomic E-state index is 0.109. The average Bonchev–Trinajstić information content (AvgIpc) is 2.89. The van der Waals surface area contributed by atoms with E-state index in [0.29, 0.717) is 18.3 Å². The van der Waals surface area contributed by atoms with Crippen LogP contribution in [0.1, 0.15) is 66.2 Å². The van der Waals surface area contributed by atoms with Gasteiger partial charge in [-0.15, -0.1) is 0 Å². The summed E-state index contributed by atoms with van der Waals surface area (Å²) in [7, 11) is 0. The van der Waals surface area contributed by atoms with E-state index in [9.17, 15) is 9.59 Å². The third-order valence-corrected chi connectivity index (χ3v) is 7.04. The second-order valence-electron chi connectivity index (χ2n) is 9.03. The quantitative estimate of drug-likeness (QED) is 0.723. The normalized spacial score (nSPS) is 32.8. The summed E-state index contributed by atoms with van der Waals surface area (Å²) in [5, 5.41) is 0. The summed E-state index contributed by atoms with van der Waals surface area (Å²) < 4.78 is 5.96. The van der Waals surface area contributed by atoms with Crippen molar-refractivity contribution >= 4 is 11.7 Å². The van der Waals surface area contributed by atoms with Gasteiger partial charge in [0.2, 0.25) is 5.91 Å². The molecule has 3 fully saturated rings. The number of nitrogens with zero attached hydrogens (tertiary/aromatic N) is 1. The average molecular weight is 335 g/mol. The Morgan fingerprint density at radius 2 is 1.92 bits per heavy atom. The van der Waals surface area contributed by atoms with E-state index in [1.807, 2.05) is 4.90 Å². The summed E-state index contributed by atoms with van der Waals surface area (Å²) >= 11 is 0. The standard InChI is InChI=1S/C20H33NO3/c1-14(2)8-12-24-16-6-10-21(11-7-16)18(23)20-9-5-15(13-17(20)22)19(20,3)4/h14-16H,5-13H2,1-4H3. The van der Waals surface area contributed by atoms with Crippen LogP contribution in [-0.2, 0) is 14.3 Å². The molecule has 2 unspecified atom stereocenters. The molecule has 2 atom stereocenters. The number of rotatable bonds is 5. The highest BCUT2D eigenvalue weighted by molar-refractivity contribution is 6.09. The lowest BCUT2D eigenvalue weighted by molar-refractivity contribution is -0.155. The van der Waals surface area contributed by atoms with E-state index >= 15 is 0 Å². The highest BCUT2D eigenvalue weighted by Gasteiger charge is 2.68. The van der Waals surface area contributed by atoms with Gasteiger partial charge < -0.3 is 9.64 Å². The zero-order chi connectivity index (χ0) is 17.5.